The molecular weight excluding hydrogens is 451 g/mol. The molecule has 9 nitrogen and oxygen atoms in total. The van der Waals surface area contributed by atoms with Crippen LogP contribution in [0.3, 0.4) is 0 Å². The van der Waals surface area contributed by atoms with Gasteiger partial charge in [-0.05, 0) is 41.1 Å². The van der Waals surface area contributed by atoms with Gasteiger partial charge < -0.3 is 14.4 Å². The Morgan fingerprint density at radius 3 is 2.44 bits per heavy atom. The minimum absolute atomic E-state index is 0.0223. The van der Waals surface area contributed by atoms with Crippen LogP contribution in [0.15, 0.2) is 36.5 Å². The number of hydrogen-bond donors (Lipinski definition) is 0. The van der Waals surface area contributed by atoms with Crippen molar-refractivity contribution in [3.8, 4) is 17.2 Å². The van der Waals surface area contributed by atoms with Gasteiger partial charge in [0.15, 0.2) is 17.3 Å². The van der Waals surface area contributed by atoms with Crippen molar-refractivity contribution in [2.24, 2.45) is 0 Å². The van der Waals surface area contributed by atoms with Gasteiger partial charge in [0.05, 0.1) is 17.3 Å². The van der Waals surface area contributed by atoms with Crippen LogP contribution in [0.4, 0.5) is 19.0 Å². The van der Waals surface area contributed by atoms with E-state index in [4.69, 9.17) is 9.47 Å². The van der Waals surface area contributed by atoms with Crippen molar-refractivity contribution in [3.05, 3.63) is 47.9 Å². The van der Waals surface area contributed by atoms with E-state index in [0.29, 0.717) is 56.7 Å². The number of alkyl halides is 3. The number of pyridine rings is 1. The van der Waals surface area contributed by atoms with E-state index >= 15 is 0 Å². The molecule has 180 valence electrons. The second-order valence-electron chi connectivity index (χ2n) is 8.13. The number of anilines is 1. The average molecular weight is 475 g/mol. The molecule has 0 spiro atoms. The number of hydrogen-bond acceptors (Lipinski definition) is 8. The van der Waals surface area contributed by atoms with Gasteiger partial charge in [0.25, 0.3) is 0 Å². The first-order chi connectivity index (χ1) is 16.4. The molecule has 2 aliphatic heterocycles. The number of piperazine rings is 1. The molecule has 1 saturated heterocycles. The van der Waals surface area contributed by atoms with E-state index in [1.54, 1.807) is 4.68 Å². The summed E-state index contributed by atoms with van der Waals surface area (Å²) < 4.78 is 51.5. The second-order valence-corrected chi connectivity index (χ2v) is 8.13. The van der Waals surface area contributed by atoms with E-state index in [2.05, 4.69) is 32.3 Å². The predicted molar refractivity (Wildman–Crippen MR) is 116 cm³/mol. The number of benzene rings is 1. The number of halogens is 3. The van der Waals surface area contributed by atoms with Crippen molar-refractivity contribution in [1.82, 2.24) is 30.1 Å². The van der Waals surface area contributed by atoms with Crippen LogP contribution in [0.5, 0.6) is 11.5 Å². The van der Waals surface area contributed by atoms with E-state index in [1.165, 1.54) is 6.07 Å². The van der Waals surface area contributed by atoms with E-state index in [9.17, 15) is 13.2 Å². The number of nitrogens with zero attached hydrogens (tertiary/aromatic N) is 7. The molecule has 2 aromatic heterocycles. The Hall–Kier alpha value is -3.41. The molecule has 0 radical (unpaired) electrons. The second kappa shape index (κ2) is 9.09. The monoisotopic (exact) mass is 475 g/mol. The minimum Gasteiger partial charge on any atom is -0.486 e. The van der Waals surface area contributed by atoms with Gasteiger partial charge in [-0.2, -0.15) is 17.9 Å². The van der Waals surface area contributed by atoms with Crippen LogP contribution in [0.2, 0.25) is 0 Å². The zero-order chi connectivity index (χ0) is 23.7. The molecule has 5 rings (SSSR count). The fraction of sp³-hybridized carbons (Fsp3) is 0.455. The van der Waals surface area contributed by atoms with E-state index in [1.807, 2.05) is 23.1 Å². The summed E-state index contributed by atoms with van der Waals surface area (Å²) in [7, 11) is 0. The van der Waals surface area contributed by atoms with Crippen LogP contribution in [-0.4, -0.2) is 69.5 Å². The summed E-state index contributed by atoms with van der Waals surface area (Å²) in [5.41, 5.74) is 0.0437. The average Bonchev–Trinajstić information content (AvgIpc) is 3.34. The van der Waals surface area contributed by atoms with Gasteiger partial charge >= 0.3 is 6.18 Å². The lowest BCUT2D eigenvalue weighted by Gasteiger charge is -2.39. The lowest BCUT2D eigenvalue weighted by Crippen LogP contribution is -2.48. The van der Waals surface area contributed by atoms with E-state index in [-0.39, 0.29) is 6.04 Å². The third-order valence-electron chi connectivity index (χ3n) is 6.10. The Labute approximate surface area is 194 Å². The highest BCUT2D eigenvalue weighted by molar-refractivity contribution is 5.49. The first-order valence-corrected chi connectivity index (χ1v) is 11.1. The molecule has 2 aliphatic rings. The molecule has 12 heteroatoms. The zero-order valence-corrected chi connectivity index (χ0v) is 18.6. The van der Waals surface area contributed by atoms with Gasteiger partial charge in [0, 0.05) is 38.4 Å². The molecule has 0 bridgehead atoms. The summed E-state index contributed by atoms with van der Waals surface area (Å²) in [6.07, 6.45) is -2.71. The standard InChI is InChI=1S/C22H24F3N7O2/c1-2-17(21-27-28-29-32(21)16-4-5-18-19(13-16)34-12-11-33-18)30-7-9-31(10-8-30)20-6-3-15(14-26-20)22(23,24)25/h3-6,13-14,17H,2,7-12H2,1H3. The fourth-order valence-electron chi connectivity index (χ4n) is 4.36. The predicted octanol–water partition coefficient (Wildman–Crippen LogP) is 3.12. The van der Waals surface area contributed by atoms with Crippen molar-refractivity contribution < 1.29 is 22.6 Å². The first-order valence-electron chi connectivity index (χ1n) is 11.1. The molecule has 4 heterocycles. The molecule has 1 fully saturated rings. The fourth-order valence-corrected chi connectivity index (χ4v) is 4.36. The van der Waals surface area contributed by atoms with Gasteiger partial charge in [0.2, 0.25) is 0 Å². The normalized spacial score (nSPS) is 17.6. The highest BCUT2D eigenvalue weighted by Gasteiger charge is 2.32. The third-order valence-corrected chi connectivity index (χ3v) is 6.10. The molecule has 1 unspecified atom stereocenters. The third kappa shape index (κ3) is 4.37. The first kappa shape index (κ1) is 22.4. The minimum atomic E-state index is -4.39. The molecule has 0 N–H and O–H groups in total. The molecule has 0 saturated carbocycles. The van der Waals surface area contributed by atoms with Crippen LogP contribution in [0, 0.1) is 0 Å². The van der Waals surface area contributed by atoms with E-state index < -0.39 is 11.7 Å². The van der Waals surface area contributed by atoms with Crippen LogP contribution < -0.4 is 14.4 Å². The summed E-state index contributed by atoms with van der Waals surface area (Å²) in [6.45, 7) is 5.78. The Bertz CT molecular complexity index is 1130. The van der Waals surface area contributed by atoms with Crippen LogP contribution in [0.25, 0.3) is 5.69 Å². The summed E-state index contributed by atoms with van der Waals surface area (Å²) in [5.74, 6) is 2.63. The highest BCUT2D eigenvalue weighted by Crippen LogP contribution is 2.34. The maximum Gasteiger partial charge on any atom is 0.417 e. The SMILES string of the molecule is CCC(c1nnnn1-c1ccc2c(c1)OCCO2)N1CCN(c2ccc(C(F)(F)F)cn2)CC1. The summed E-state index contributed by atoms with van der Waals surface area (Å²) >= 11 is 0. The Morgan fingerprint density at radius 1 is 1.00 bits per heavy atom. The van der Waals surface area contributed by atoms with Crippen molar-refractivity contribution >= 4 is 5.82 Å². The van der Waals surface area contributed by atoms with Crippen molar-refractivity contribution in [2.75, 3.05) is 44.3 Å². The van der Waals surface area contributed by atoms with Crippen molar-refractivity contribution in [2.45, 2.75) is 25.6 Å². The topological polar surface area (TPSA) is 81.4 Å². The Kier molecular flexibility index (Phi) is 5.98. The highest BCUT2D eigenvalue weighted by atomic mass is 19.4. The van der Waals surface area contributed by atoms with Crippen molar-refractivity contribution in [1.29, 1.82) is 0 Å². The molecule has 1 atom stereocenters. The van der Waals surface area contributed by atoms with Crippen LogP contribution in [0.1, 0.15) is 30.8 Å². The number of tetrazole rings is 1. The molecule has 3 aromatic rings. The van der Waals surface area contributed by atoms with E-state index in [0.717, 1.165) is 30.2 Å². The summed E-state index contributed by atoms with van der Waals surface area (Å²) in [6, 6.07) is 8.10. The number of ether oxygens (including phenoxy) is 2. The molecule has 0 amide bonds. The molecule has 1 aromatic carbocycles. The number of rotatable bonds is 5. The summed E-state index contributed by atoms with van der Waals surface area (Å²) in [4.78, 5) is 8.31. The van der Waals surface area contributed by atoms with Gasteiger partial charge in [-0.25, -0.2) is 4.98 Å². The largest absolute Gasteiger partial charge is 0.486 e. The quantitative estimate of drug-likeness (QED) is 0.557. The zero-order valence-electron chi connectivity index (χ0n) is 18.6. The lowest BCUT2D eigenvalue weighted by molar-refractivity contribution is -0.137. The van der Waals surface area contributed by atoms with Crippen molar-refractivity contribution in [3.63, 3.8) is 0 Å². The molecule has 34 heavy (non-hydrogen) atoms. The number of aromatic nitrogens is 5. The van der Waals surface area contributed by atoms with Crippen LogP contribution >= 0.6 is 0 Å². The van der Waals surface area contributed by atoms with Gasteiger partial charge in [-0.1, -0.05) is 6.92 Å². The van der Waals surface area contributed by atoms with Gasteiger partial charge in [-0.15, -0.1) is 5.10 Å². The summed E-state index contributed by atoms with van der Waals surface area (Å²) in [5, 5.41) is 12.4. The Balaban J connectivity index is 1.30. The lowest BCUT2D eigenvalue weighted by atomic mass is 10.1. The number of fused-ring (bicyclic) bond motifs is 1. The van der Waals surface area contributed by atoms with Crippen LogP contribution in [-0.2, 0) is 6.18 Å². The maximum absolute atomic E-state index is 12.8. The maximum atomic E-state index is 12.8. The Morgan fingerprint density at radius 2 is 1.76 bits per heavy atom. The van der Waals surface area contributed by atoms with Gasteiger partial charge in [-0.3, -0.25) is 4.90 Å². The molecule has 0 aliphatic carbocycles. The smallest absolute Gasteiger partial charge is 0.417 e. The van der Waals surface area contributed by atoms with Gasteiger partial charge in [0.1, 0.15) is 19.0 Å². The molecular formula is C22H24F3N7O2.